The molecule has 0 spiro atoms. The van der Waals surface area contributed by atoms with Crippen molar-refractivity contribution in [3.63, 3.8) is 0 Å². The Bertz CT molecular complexity index is 360. The molecule has 1 aromatic rings. The minimum Gasteiger partial charge on any atom is -0.478 e. The van der Waals surface area contributed by atoms with Crippen LogP contribution in [0, 0.1) is 0 Å². The quantitative estimate of drug-likeness (QED) is 0.712. The molecule has 0 bridgehead atoms. The molecule has 0 unspecified atom stereocenters. The lowest BCUT2D eigenvalue weighted by atomic mass is 10.1. The number of carboxylic acids is 1. The highest BCUT2D eigenvalue weighted by Gasteiger charge is 2.06. The Labute approximate surface area is 81.6 Å². The molecule has 74 valence electrons. The van der Waals surface area contributed by atoms with Gasteiger partial charge in [0.15, 0.2) is 0 Å². The van der Waals surface area contributed by atoms with Crippen molar-refractivity contribution in [3.05, 3.63) is 29.3 Å². The van der Waals surface area contributed by atoms with E-state index in [1.165, 1.54) is 12.1 Å². The van der Waals surface area contributed by atoms with E-state index in [4.69, 9.17) is 5.11 Å². The van der Waals surface area contributed by atoms with E-state index in [0.29, 0.717) is 12.1 Å². The summed E-state index contributed by atoms with van der Waals surface area (Å²) in [7, 11) is 0. The number of carbonyl (C=O) groups is 2. The summed E-state index contributed by atoms with van der Waals surface area (Å²) in [5, 5.41) is 11.2. The average Bonchev–Trinajstić information content (AvgIpc) is 2.18. The molecular formula is C10H11NO3. The van der Waals surface area contributed by atoms with Crippen LogP contribution >= 0.6 is 0 Å². The van der Waals surface area contributed by atoms with Crippen LogP contribution < -0.4 is 5.32 Å². The molecule has 14 heavy (non-hydrogen) atoms. The minimum absolute atomic E-state index is 0.173. The van der Waals surface area contributed by atoms with Crippen LogP contribution in [0.1, 0.15) is 22.8 Å². The summed E-state index contributed by atoms with van der Waals surface area (Å²) >= 11 is 0. The summed E-state index contributed by atoms with van der Waals surface area (Å²) in [6.45, 7) is 1.94. The second-order valence-electron chi connectivity index (χ2n) is 2.79. The fraction of sp³-hybridized carbons (Fsp3) is 0.200. The first-order valence-corrected chi connectivity index (χ1v) is 4.25. The molecule has 0 fully saturated rings. The fourth-order valence-corrected chi connectivity index (χ4v) is 1.22. The lowest BCUT2D eigenvalue weighted by Crippen LogP contribution is -2.02. The molecule has 1 amide bonds. The number of hydrogen-bond donors (Lipinski definition) is 2. The van der Waals surface area contributed by atoms with E-state index in [-0.39, 0.29) is 5.56 Å². The molecule has 0 aromatic heterocycles. The molecule has 0 heterocycles. The van der Waals surface area contributed by atoms with Gasteiger partial charge in [-0.3, -0.25) is 4.79 Å². The van der Waals surface area contributed by atoms with Crippen molar-refractivity contribution in [3.8, 4) is 0 Å². The van der Waals surface area contributed by atoms with Crippen molar-refractivity contribution >= 4 is 18.1 Å². The highest BCUT2D eigenvalue weighted by molar-refractivity contribution is 5.90. The second-order valence-corrected chi connectivity index (χ2v) is 2.79. The maximum Gasteiger partial charge on any atom is 0.335 e. The van der Waals surface area contributed by atoms with Crippen molar-refractivity contribution in [1.29, 1.82) is 0 Å². The minimum atomic E-state index is -0.999. The Morgan fingerprint density at radius 3 is 2.79 bits per heavy atom. The summed E-state index contributed by atoms with van der Waals surface area (Å²) in [6.07, 6.45) is 1.29. The molecular weight excluding hydrogens is 182 g/mol. The Morgan fingerprint density at radius 1 is 1.57 bits per heavy atom. The van der Waals surface area contributed by atoms with Crippen molar-refractivity contribution in [1.82, 2.24) is 0 Å². The van der Waals surface area contributed by atoms with Crippen LogP contribution in [-0.4, -0.2) is 17.5 Å². The van der Waals surface area contributed by atoms with Crippen molar-refractivity contribution in [2.24, 2.45) is 0 Å². The standard InChI is InChI=1S/C10H11NO3/c1-2-7-3-4-8(10(13)14)5-9(7)11-6-12/h3-6H,2H2,1H3,(H,11,12)(H,13,14). The van der Waals surface area contributed by atoms with Gasteiger partial charge in [0.2, 0.25) is 6.41 Å². The Hall–Kier alpha value is -1.84. The summed E-state index contributed by atoms with van der Waals surface area (Å²) in [6, 6.07) is 4.68. The van der Waals surface area contributed by atoms with E-state index in [9.17, 15) is 9.59 Å². The van der Waals surface area contributed by atoms with Gasteiger partial charge in [-0.2, -0.15) is 0 Å². The third-order valence-corrected chi connectivity index (χ3v) is 1.95. The Kier molecular flexibility index (Phi) is 3.23. The van der Waals surface area contributed by atoms with Crippen LogP contribution in [0.5, 0.6) is 0 Å². The SMILES string of the molecule is CCc1ccc(C(=O)O)cc1NC=O. The zero-order valence-electron chi connectivity index (χ0n) is 7.78. The molecule has 1 aromatic carbocycles. The highest BCUT2D eigenvalue weighted by atomic mass is 16.4. The summed E-state index contributed by atoms with van der Waals surface area (Å²) in [4.78, 5) is 20.9. The van der Waals surface area contributed by atoms with Gasteiger partial charge in [0, 0.05) is 5.69 Å². The van der Waals surface area contributed by atoms with Crippen molar-refractivity contribution in [2.45, 2.75) is 13.3 Å². The highest BCUT2D eigenvalue weighted by Crippen LogP contribution is 2.17. The van der Waals surface area contributed by atoms with E-state index in [2.05, 4.69) is 5.32 Å². The van der Waals surface area contributed by atoms with Crippen LogP contribution in [0.15, 0.2) is 18.2 Å². The molecule has 0 aliphatic carbocycles. The summed E-state index contributed by atoms with van der Waals surface area (Å²) < 4.78 is 0. The second kappa shape index (κ2) is 4.41. The van der Waals surface area contributed by atoms with Gasteiger partial charge >= 0.3 is 5.97 Å². The number of anilines is 1. The largest absolute Gasteiger partial charge is 0.478 e. The summed E-state index contributed by atoms with van der Waals surface area (Å²) in [5.74, 6) is -0.999. The third-order valence-electron chi connectivity index (χ3n) is 1.95. The number of benzene rings is 1. The number of carbonyl (C=O) groups excluding carboxylic acids is 1. The molecule has 4 nitrogen and oxygen atoms in total. The molecule has 0 aliphatic rings. The van der Waals surface area contributed by atoms with Gasteiger partial charge in [0.1, 0.15) is 0 Å². The zero-order valence-corrected chi connectivity index (χ0v) is 7.78. The number of nitrogens with one attached hydrogen (secondary N) is 1. The van der Waals surface area contributed by atoms with Gasteiger partial charge in [-0.05, 0) is 24.1 Å². The molecule has 4 heteroatoms. The van der Waals surface area contributed by atoms with Gasteiger partial charge in [-0.25, -0.2) is 4.79 Å². The topological polar surface area (TPSA) is 66.4 Å². The van der Waals surface area contributed by atoms with Crippen LogP contribution in [0.25, 0.3) is 0 Å². The van der Waals surface area contributed by atoms with Gasteiger partial charge in [-0.15, -0.1) is 0 Å². The van der Waals surface area contributed by atoms with Crippen LogP contribution in [0.3, 0.4) is 0 Å². The van der Waals surface area contributed by atoms with E-state index in [0.717, 1.165) is 12.0 Å². The molecule has 0 saturated carbocycles. The number of amides is 1. The number of hydrogen-bond acceptors (Lipinski definition) is 2. The molecule has 0 radical (unpaired) electrons. The predicted octanol–water partition coefficient (Wildman–Crippen LogP) is 1.52. The van der Waals surface area contributed by atoms with Crippen LogP contribution in [0.2, 0.25) is 0 Å². The van der Waals surface area contributed by atoms with E-state index >= 15 is 0 Å². The number of aromatic carboxylic acids is 1. The first-order valence-electron chi connectivity index (χ1n) is 4.25. The van der Waals surface area contributed by atoms with E-state index in [1.54, 1.807) is 6.07 Å². The van der Waals surface area contributed by atoms with Crippen LogP contribution in [0.4, 0.5) is 5.69 Å². The van der Waals surface area contributed by atoms with Gasteiger partial charge < -0.3 is 10.4 Å². The Morgan fingerprint density at radius 2 is 2.29 bits per heavy atom. The average molecular weight is 193 g/mol. The lowest BCUT2D eigenvalue weighted by Gasteiger charge is -2.06. The van der Waals surface area contributed by atoms with Gasteiger partial charge in [-0.1, -0.05) is 13.0 Å². The first kappa shape index (κ1) is 10.2. The molecule has 0 atom stereocenters. The van der Waals surface area contributed by atoms with Gasteiger partial charge in [0.05, 0.1) is 5.56 Å². The maximum atomic E-state index is 10.6. The third kappa shape index (κ3) is 2.10. The molecule has 0 saturated heterocycles. The Balaban J connectivity index is 3.13. The van der Waals surface area contributed by atoms with Crippen molar-refractivity contribution < 1.29 is 14.7 Å². The van der Waals surface area contributed by atoms with Crippen LogP contribution in [-0.2, 0) is 11.2 Å². The number of carboxylic acid groups (broad SMARTS) is 1. The van der Waals surface area contributed by atoms with E-state index < -0.39 is 5.97 Å². The monoisotopic (exact) mass is 193 g/mol. The summed E-state index contributed by atoms with van der Waals surface area (Å²) in [5.41, 5.74) is 1.65. The number of aryl methyl sites for hydroxylation is 1. The molecule has 2 N–H and O–H groups in total. The first-order chi connectivity index (χ1) is 6.69. The fourth-order valence-electron chi connectivity index (χ4n) is 1.22. The van der Waals surface area contributed by atoms with Gasteiger partial charge in [0.25, 0.3) is 0 Å². The maximum absolute atomic E-state index is 10.6. The lowest BCUT2D eigenvalue weighted by molar-refractivity contribution is -0.105. The molecule has 1 rings (SSSR count). The smallest absolute Gasteiger partial charge is 0.335 e. The predicted molar refractivity (Wildman–Crippen MR) is 52.5 cm³/mol. The number of rotatable bonds is 4. The normalized spacial score (nSPS) is 9.50. The molecule has 0 aliphatic heterocycles. The van der Waals surface area contributed by atoms with Crippen molar-refractivity contribution in [2.75, 3.05) is 5.32 Å². The zero-order chi connectivity index (χ0) is 10.6. The van der Waals surface area contributed by atoms with E-state index in [1.807, 2.05) is 6.92 Å².